The predicted molar refractivity (Wildman–Crippen MR) is 156 cm³/mol. The number of piperidine rings is 1. The molecule has 0 aliphatic carbocycles. The van der Waals surface area contributed by atoms with Crippen LogP contribution < -0.4 is 10.1 Å². The fourth-order valence-corrected chi connectivity index (χ4v) is 5.71. The molecule has 40 heavy (non-hydrogen) atoms. The van der Waals surface area contributed by atoms with Gasteiger partial charge in [-0.1, -0.05) is 48.5 Å². The second kappa shape index (κ2) is 11.4. The van der Waals surface area contributed by atoms with Crippen molar-refractivity contribution in [2.75, 3.05) is 20.2 Å². The second-order valence-corrected chi connectivity index (χ2v) is 10.1. The first-order valence-electron chi connectivity index (χ1n) is 13.6. The zero-order valence-electron chi connectivity index (χ0n) is 22.4. The average molecular weight is 535 g/mol. The van der Waals surface area contributed by atoms with Crippen LogP contribution in [0.3, 0.4) is 0 Å². The molecule has 0 spiro atoms. The highest BCUT2D eigenvalue weighted by Crippen LogP contribution is 2.46. The molecule has 1 saturated heterocycles. The fourth-order valence-electron chi connectivity index (χ4n) is 5.71. The maximum atomic E-state index is 14.0. The average Bonchev–Trinajstić information content (AvgIpc) is 3.37. The number of fused-ring (bicyclic) bond motifs is 1. The highest BCUT2D eigenvalue weighted by atomic mass is 19.1. The number of rotatable bonds is 7. The third-order valence-electron chi connectivity index (χ3n) is 7.59. The van der Waals surface area contributed by atoms with Gasteiger partial charge >= 0.3 is 5.97 Å². The topological polar surface area (TPSA) is 52.5 Å². The summed E-state index contributed by atoms with van der Waals surface area (Å²) in [5.74, 6) is 0.359. The maximum Gasteiger partial charge on any atom is 0.337 e. The van der Waals surface area contributed by atoms with Gasteiger partial charge in [0.1, 0.15) is 18.2 Å². The Morgan fingerprint density at radius 3 is 2.42 bits per heavy atom. The van der Waals surface area contributed by atoms with E-state index in [4.69, 9.17) is 9.47 Å². The van der Waals surface area contributed by atoms with Crippen LogP contribution in [-0.4, -0.2) is 30.7 Å². The molecule has 1 aliphatic heterocycles. The van der Waals surface area contributed by atoms with Crippen LogP contribution in [-0.2, 0) is 11.3 Å². The number of carbonyl (C=O) groups excluding carboxylic acids is 1. The van der Waals surface area contributed by atoms with E-state index in [-0.39, 0.29) is 17.7 Å². The first-order chi connectivity index (χ1) is 19.6. The van der Waals surface area contributed by atoms with Gasteiger partial charge in [0, 0.05) is 29.4 Å². The van der Waals surface area contributed by atoms with Gasteiger partial charge in [0.2, 0.25) is 0 Å². The zero-order valence-corrected chi connectivity index (χ0v) is 22.4. The molecule has 5 aromatic rings. The number of hydrogen-bond donors (Lipinski definition) is 1. The van der Waals surface area contributed by atoms with E-state index in [1.165, 1.54) is 19.2 Å². The smallest absolute Gasteiger partial charge is 0.337 e. The van der Waals surface area contributed by atoms with Gasteiger partial charge in [-0.3, -0.25) is 0 Å². The summed E-state index contributed by atoms with van der Waals surface area (Å²) < 4.78 is 27.7. The Hall–Kier alpha value is -4.42. The lowest BCUT2D eigenvalue weighted by molar-refractivity contribution is 0.0600. The van der Waals surface area contributed by atoms with Gasteiger partial charge in [0.25, 0.3) is 0 Å². The minimum absolute atomic E-state index is 0.225. The molecule has 4 aromatic carbocycles. The van der Waals surface area contributed by atoms with Crippen LogP contribution in [0.5, 0.6) is 5.75 Å². The van der Waals surface area contributed by atoms with Gasteiger partial charge < -0.3 is 19.4 Å². The Morgan fingerprint density at radius 2 is 1.73 bits per heavy atom. The number of nitrogens with one attached hydrogen (secondary N) is 1. The van der Waals surface area contributed by atoms with Crippen molar-refractivity contribution in [3.8, 4) is 22.6 Å². The first kappa shape index (κ1) is 25.8. The van der Waals surface area contributed by atoms with E-state index >= 15 is 0 Å². The first-order valence-corrected chi connectivity index (χ1v) is 13.6. The van der Waals surface area contributed by atoms with Gasteiger partial charge in [0.05, 0.1) is 23.6 Å². The summed E-state index contributed by atoms with van der Waals surface area (Å²) in [4.78, 5) is 12.2. The Kier molecular flexibility index (Phi) is 7.34. The van der Waals surface area contributed by atoms with Crippen LogP contribution in [0, 0.1) is 5.82 Å². The van der Waals surface area contributed by atoms with Crippen molar-refractivity contribution in [3.05, 3.63) is 120 Å². The molecule has 0 bridgehead atoms. The Labute approximate surface area is 233 Å². The Balaban J connectivity index is 1.61. The van der Waals surface area contributed by atoms with Gasteiger partial charge in [-0.25, -0.2) is 9.18 Å². The summed E-state index contributed by atoms with van der Waals surface area (Å²) in [6.45, 7) is 2.26. The SMILES string of the molecule is COC(=O)c1ccc(-c2c(C3CCCNC3)n(-c3ccc(F)cc3)c3cccc(OCc4ccccc4)c23)cc1. The molecule has 0 amide bonds. The van der Waals surface area contributed by atoms with E-state index in [9.17, 15) is 9.18 Å². The summed E-state index contributed by atoms with van der Waals surface area (Å²) in [7, 11) is 1.39. The van der Waals surface area contributed by atoms with Crippen LogP contribution in [0.15, 0.2) is 97.1 Å². The lowest BCUT2D eigenvalue weighted by atomic mass is 9.89. The summed E-state index contributed by atoms with van der Waals surface area (Å²) in [5.41, 5.74) is 6.65. The molecule has 0 saturated carbocycles. The summed E-state index contributed by atoms with van der Waals surface area (Å²) in [6.07, 6.45) is 2.09. The number of carbonyl (C=O) groups is 1. The van der Waals surface area contributed by atoms with Crippen molar-refractivity contribution in [1.82, 2.24) is 9.88 Å². The Bertz CT molecular complexity index is 1620. The van der Waals surface area contributed by atoms with Crippen LogP contribution in [0.25, 0.3) is 27.7 Å². The van der Waals surface area contributed by atoms with Gasteiger partial charge in [-0.2, -0.15) is 0 Å². The van der Waals surface area contributed by atoms with Crippen molar-refractivity contribution in [2.45, 2.75) is 25.4 Å². The minimum Gasteiger partial charge on any atom is -0.488 e. The molecule has 6 heteroatoms. The van der Waals surface area contributed by atoms with Gasteiger partial charge in [-0.15, -0.1) is 0 Å². The number of aromatic nitrogens is 1. The van der Waals surface area contributed by atoms with Gasteiger partial charge in [-0.05, 0) is 79.0 Å². The number of hydrogen-bond acceptors (Lipinski definition) is 4. The molecular formula is C34H31FN2O3. The summed E-state index contributed by atoms with van der Waals surface area (Å²) in [6, 6.07) is 30.5. The molecule has 1 atom stereocenters. The third-order valence-corrected chi connectivity index (χ3v) is 7.59. The molecule has 2 heterocycles. The molecule has 1 aliphatic rings. The predicted octanol–water partition coefficient (Wildman–Crippen LogP) is 7.27. The number of nitrogens with zero attached hydrogens (tertiary/aromatic N) is 1. The van der Waals surface area contributed by atoms with Crippen molar-refractivity contribution in [3.63, 3.8) is 0 Å². The quantitative estimate of drug-likeness (QED) is 0.223. The summed E-state index contributed by atoms with van der Waals surface area (Å²) >= 11 is 0. The highest BCUT2D eigenvalue weighted by molar-refractivity contribution is 6.04. The van der Waals surface area contributed by atoms with Crippen molar-refractivity contribution in [2.24, 2.45) is 0 Å². The molecule has 5 nitrogen and oxygen atoms in total. The monoisotopic (exact) mass is 534 g/mol. The molecule has 1 unspecified atom stereocenters. The largest absolute Gasteiger partial charge is 0.488 e. The molecule has 1 aromatic heterocycles. The van der Waals surface area contributed by atoms with E-state index in [1.54, 1.807) is 12.1 Å². The van der Waals surface area contributed by atoms with Crippen LogP contribution in [0.4, 0.5) is 4.39 Å². The second-order valence-electron chi connectivity index (χ2n) is 10.1. The van der Waals surface area contributed by atoms with E-state index in [0.29, 0.717) is 12.2 Å². The highest BCUT2D eigenvalue weighted by Gasteiger charge is 2.29. The van der Waals surface area contributed by atoms with E-state index in [0.717, 1.165) is 70.7 Å². The fraction of sp³-hybridized carbons (Fsp3) is 0.206. The number of ether oxygens (including phenoxy) is 2. The van der Waals surface area contributed by atoms with Gasteiger partial charge in [0.15, 0.2) is 0 Å². The number of methoxy groups -OCH3 is 1. The summed E-state index contributed by atoms with van der Waals surface area (Å²) in [5, 5.41) is 4.57. The molecule has 0 radical (unpaired) electrons. The lowest BCUT2D eigenvalue weighted by Gasteiger charge is -2.26. The van der Waals surface area contributed by atoms with Crippen molar-refractivity contribution >= 4 is 16.9 Å². The van der Waals surface area contributed by atoms with E-state index < -0.39 is 0 Å². The van der Waals surface area contributed by atoms with Crippen molar-refractivity contribution < 1.29 is 18.7 Å². The third kappa shape index (κ3) is 4.98. The van der Waals surface area contributed by atoms with Crippen LogP contribution in [0.1, 0.15) is 40.4 Å². The Morgan fingerprint density at radius 1 is 0.950 bits per heavy atom. The maximum absolute atomic E-state index is 14.0. The molecule has 202 valence electrons. The van der Waals surface area contributed by atoms with Crippen LogP contribution >= 0.6 is 0 Å². The minimum atomic E-state index is -0.371. The van der Waals surface area contributed by atoms with E-state index in [1.807, 2.05) is 54.6 Å². The molecule has 6 rings (SSSR count). The lowest BCUT2D eigenvalue weighted by Crippen LogP contribution is -2.29. The normalized spacial score (nSPS) is 15.2. The van der Waals surface area contributed by atoms with Crippen LogP contribution in [0.2, 0.25) is 0 Å². The standard InChI is InChI=1S/C34H31FN2O3/c1-39-34(38)25-14-12-24(13-15-25)31-32-29(10-5-11-30(32)40-22-23-7-3-2-4-8-23)37(28-18-16-27(35)17-19-28)33(31)26-9-6-20-36-21-26/h2-5,7-8,10-19,26,36H,6,9,20-22H2,1H3. The molecule has 1 N–H and O–H groups in total. The van der Waals surface area contributed by atoms with E-state index in [2.05, 4.69) is 28.1 Å². The molecular weight excluding hydrogens is 503 g/mol. The van der Waals surface area contributed by atoms with Crippen molar-refractivity contribution in [1.29, 1.82) is 0 Å². The number of esters is 1. The number of benzene rings is 4. The zero-order chi connectivity index (χ0) is 27.5. The number of halogens is 1. The molecule has 1 fully saturated rings.